The summed E-state index contributed by atoms with van der Waals surface area (Å²) in [5.74, 6) is 0.340. The topological polar surface area (TPSA) is 61.4 Å². The smallest absolute Gasteiger partial charge is 0.237 e. The zero-order chi connectivity index (χ0) is 16.5. The average Bonchev–Trinajstić information content (AvgIpc) is 2.61. The summed E-state index contributed by atoms with van der Waals surface area (Å²) in [5, 5.41) is 16.1. The number of amides is 1. The van der Waals surface area contributed by atoms with E-state index in [0.717, 1.165) is 30.4 Å². The molecule has 25 heavy (non-hydrogen) atoms. The molecule has 1 heterocycles. The molecular formula is C20H23ClN2O2. The summed E-state index contributed by atoms with van der Waals surface area (Å²) in [6.45, 7) is 0.614. The lowest BCUT2D eigenvalue weighted by molar-refractivity contribution is -0.124. The van der Waals surface area contributed by atoms with E-state index in [1.165, 1.54) is 11.1 Å². The van der Waals surface area contributed by atoms with Crippen LogP contribution in [0.1, 0.15) is 41.1 Å². The second kappa shape index (κ2) is 7.46. The van der Waals surface area contributed by atoms with E-state index in [9.17, 15) is 9.90 Å². The summed E-state index contributed by atoms with van der Waals surface area (Å²) in [7, 11) is 0. The fourth-order valence-corrected chi connectivity index (χ4v) is 3.86. The van der Waals surface area contributed by atoms with Crippen LogP contribution in [0.15, 0.2) is 42.5 Å². The van der Waals surface area contributed by atoms with Gasteiger partial charge < -0.3 is 15.7 Å². The van der Waals surface area contributed by atoms with Crippen LogP contribution < -0.4 is 10.6 Å². The Balaban J connectivity index is 0.00000182. The van der Waals surface area contributed by atoms with Crippen LogP contribution in [-0.2, 0) is 24.2 Å². The van der Waals surface area contributed by atoms with Gasteiger partial charge in [-0.05, 0) is 60.1 Å². The molecule has 1 aliphatic carbocycles. The molecule has 3 N–H and O–H groups in total. The van der Waals surface area contributed by atoms with E-state index in [2.05, 4.69) is 28.8 Å². The van der Waals surface area contributed by atoms with E-state index in [0.29, 0.717) is 13.0 Å². The van der Waals surface area contributed by atoms with Crippen molar-refractivity contribution in [1.29, 1.82) is 0 Å². The molecule has 2 aromatic rings. The van der Waals surface area contributed by atoms with E-state index in [1.54, 1.807) is 12.1 Å². The van der Waals surface area contributed by atoms with E-state index < -0.39 is 0 Å². The number of rotatable bonds is 2. The molecule has 2 atom stereocenters. The van der Waals surface area contributed by atoms with Crippen LogP contribution >= 0.6 is 12.4 Å². The highest BCUT2D eigenvalue weighted by Gasteiger charge is 2.28. The molecule has 0 saturated carbocycles. The summed E-state index contributed by atoms with van der Waals surface area (Å²) in [4.78, 5) is 12.7. The quantitative estimate of drug-likeness (QED) is 0.773. The average molecular weight is 359 g/mol. The van der Waals surface area contributed by atoms with Crippen molar-refractivity contribution in [1.82, 2.24) is 10.6 Å². The van der Waals surface area contributed by atoms with Crippen LogP contribution in [-0.4, -0.2) is 17.1 Å². The maximum absolute atomic E-state index is 12.7. The number of carbonyl (C=O) groups excluding carboxylic acids is 1. The van der Waals surface area contributed by atoms with Crippen molar-refractivity contribution in [2.45, 2.75) is 44.3 Å². The fraction of sp³-hybridized carbons (Fsp3) is 0.350. The lowest BCUT2D eigenvalue weighted by Gasteiger charge is -2.30. The van der Waals surface area contributed by atoms with Gasteiger partial charge in [0.2, 0.25) is 5.91 Å². The largest absolute Gasteiger partial charge is 0.508 e. The summed E-state index contributed by atoms with van der Waals surface area (Å²) >= 11 is 0. The lowest BCUT2D eigenvalue weighted by atomic mass is 9.87. The highest BCUT2D eigenvalue weighted by atomic mass is 35.5. The molecule has 5 heteroatoms. The molecule has 4 nitrogen and oxygen atoms in total. The molecule has 0 spiro atoms. The normalized spacial score (nSPS) is 21.4. The molecule has 0 fully saturated rings. The van der Waals surface area contributed by atoms with Gasteiger partial charge in [0, 0.05) is 6.54 Å². The molecule has 0 saturated heterocycles. The van der Waals surface area contributed by atoms with Crippen molar-refractivity contribution in [3.63, 3.8) is 0 Å². The van der Waals surface area contributed by atoms with Crippen molar-refractivity contribution in [3.8, 4) is 5.75 Å². The Kier molecular flexibility index (Phi) is 5.30. The maximum atomic E-state index is 12.7. The third kappa shape index (κ3) is 3.65. The van der Waals surface area contributed by atoms with Gasteiger partial charge in [0.25, 0.3) is 0 Å². The molecule has 2 aliphatic rings. The van der Waals surface area contributed by atoms with Crippen molar-refractivity contribution in [2.75, 3.05) is 0 Å². The van der Waals surface area contributed by atoms with Gasteiger partial charge >= 0.3 is 0 Å². The standard InChI is InChI=1S/C20H22N2O2.ClH/c23-16-9-8-14-11-19(21-12-15(14)10-16)20(24)22-18-7-3-5-13-4-1-2-6-17(13)18;/h1-2,4,6,8-10,18-19,21,23H,3,5,7,11-12H2,(H,22,24);1H/t18-,19-;/m1./s1. The Morgan fingerprint density at radius 2 is 1.96 bits per heavy atom. The number of phenols is 1. The number of phenolic OH excluding ortho intramolecular Hbond substituents is 1. The third-order valence-corrected chi connectivity index (χ3v) is 5.16. The number of hydrogen-bond donors (Lipinski definition) is 3. The van der Waals surface area contributed by atoms with Crippen molar-refractivity contribution >= 4 is 18.3 Å². The molecule has 2 aromatic carbocycles. The van der Waals surface area contributed by atoms with Crippen LogP contribution in [0.3, 0.4) is 0 Å². The van der Waals surface area contributed by atoms with Crippen LogP contribution in [0, 0.1) is 0 Å². The summed E-state index contributed by atoms with van der Waals surface area (Å²) in [5.41, 5.74) is 4.82. The van der Waals surface area contributed by atoms with Crippen LogP contribution in [0.2, 0.25) is 0 Å². The Hall–Kier alpha value is -2.04. The predicted octanol–water partition coefficient (Wildman–Crippen LogP) is 3.02. The van der Waals surface area contributed by atoms with E-state index >= 15 is 0 Å². The van der Waals surface area contributed by atoms with Crippen molar-refractivity contribution in [3.05, 3.63) is 64.7 Å². The van der Waals surface area contributed by atoms with Crippen LogP contribution in [0.25, 0.3) is 0 Å². The monoisotopic (exact) mass is 358 g/mol. The zero-order valence-corrected chi connectivity index (χ0v) is 14.8. The number of carbonyl (C=O) groups is 1. The SMILES string of the molecule is Cl.O=C(N[C@@H]1CCCc2ccccc21)[C@H]1Cc2ccc(O)cc2CN1. The molecule has 1 aliphatic heterocycles. The van der Waals surface area contributed by atoms with Gasteiger partial charge in [-0.15, -0.1) is 12.4 Å². The zero-order valence-electron chi connectivity index (χ0n) is 14.0. The number of nitrogens with one attached hydrogen (secondary N) is 2. The van der Waals surface area contributed by atoms with Gasteiger partial charge in [-0.3, -0.25) is 4.79 Å². The Morgan fingerprint density at radius 1 is 1.12 bits per heavy atom. The van der Waals surface area contributed by atoms with Crippen molar-refractivity contribution < 1.29 is 9.90 Å². The lowest BCUT2D eigenvalue weighted by Crippen LogP contribution is -2.48. The first-order chi connectivity index (χ1) is 11.7. The minimum absolute atomic E-state index is 0. The van der Waals surface area contributed by atoms with Gasteiger partial charge in [0.05, 0.1) is 12.1 Å². The number of hydrogen-bond acceptors (Lipinski definition) is 3. The Morgan fingerprint density at radius 3 is 2.84 bits per heavy atom. The van der Waals surface area contributed by atoms with Gasteiger partial charge in [-0.1, -0.05) is 30.3 Å². The van der Waals surface area contributed by atoms with E-state index in [4.69, 9.17) is 0 Å². The molecular weight excluding hydrogens is 336 g/mol. The van der Waals surface area contributed by atoms with Gasteiger partial charge in [0.1, 0.15) is 5.75 Å². The first-order valence-corrected chi connectivity index (χ1v) is 8.63. The highest BCUT2D eigenvalue weighted by molar-refractivity contribution is 5.85. The second-order valence-electron chi connectivity index (χ2n) is 6.74. The Labute approximate surface area is 154 Å². The molecule has 0 aromatic heterocycles. The Bertz CT molecular complexity index is 778. The third-order valence-electron chi connectivity index (χ3n) is 5.16. The molecule has 132 valence electrons. The first kappa shape index (κ1) is 17.8. The minimum atomic E-state index is -0.212. The van der Waals surface area contributed by atoms with Gasteiger partial charge in [0.15, 0.2) is 0 Å². The van der Waals surface area contributed by atoms with Gasteiger partial charge in [-0.25, -0.2) is 0 Å². The number of benzene rings is 2. The molecule has 4 rings (SSSR count). The predicted molar refractivity (Wildman–Crippen MR) is 100.0 cm³/mol. The van der Waals surface area contributed by atoms with Gasteiger partial charge in [-0.2, -0.15) is 0 Å². The summed E-state index contributed by atoms with van der Waals surface area (Å²) < 4.78 is 0. The highest BCUT2D eigenvalue weighted by Crippen LogP contribution is 2.30. The maximum Gasteiger partial charge on any atom is 0.237 e. The second-order valence-corrected chi connectivity index (χ2v) is 6.74. The van der Waals surface area contributed by atoms with Crippen LogP contribution in [0.5, 0.6) is 5.75 Å². The minimum Gasteiger partial charge on any atom is -0.508 e. The van der Waals surface area contributed by atoms with E-state index in [-0.39, 0.29) is 36.1 Å². The molecule has 0 radical (unpaired) electrons. The number of aromatic hydroxyl groups is 1. The molecule has 1 amide bonds. The number of halogens is 1. The first-order valence-electron chi connectivity index (χ1n) is 8.63. The molecule has 0 bridgehead atoms. The fourth-order valence-electron chi connectivity index (χ4n) is 3.86. The molecule has 0 unspecified atom stereocenters. The van der Waals surface area contributed by atoms with Crippen molar-refractivity contribution in [2.24, 2.45) is 0 Å². The number of fused-ring (bicyclic) bond motifs is 2. The summed E-state index contributed by atoms with van der Waals surface area (Å²) in [6, 6.07) is 13.7. The van der Waals surface area contributed by atoms with Crippen LogP contribution in [0.4, 0.5) is 0 Å². The number of aryl methyl sites for hydroxylation is 1. The summed E-state index contributed by atoms with van der Waals surface area (Å²) in [6.07, 6.45) is 3.87. The van der Waals surface area contributed by atoms with E-state index in [1.807, 2.05) is 12.1 Å².